The van der Waals surface area contributed by atoms with Gasteiger partial charge in [-0.1, -0.05) is 25.1 Å². The zero-order chi connectivity index (χ0) is 14.4. The first-order valence-electron chi connectivity index (χ1n) is 6.68. The molecular weight excluding hydrogens is 276 g/mol. The predicted octanol–water partition coefficient (Wildman–Crippen LogP) is 2.45. The number of rotatable bonds is 6. The molecule has 2 atom stereocenters. The topological polar surface area (TPSA) is 55.6 Å². The zero-order valence-corrected chi connectivity index (χ0v) is 13.4. The second kappa shape index (κ2) is 8.82. The first kappa shape index (κ1) is 18.7. The number of benzene rings is 1. The number of ether oxygens (including phenoxy) is 1. The molecular formula is C15H25ClN2O2. The Morgan fingerprint density at radius 2 is 1.95 bits per heavy atom. The van der Waals surface area contributed by atoms with Crippen molar-refractivity contribution in [2.45, 2.75) is 33.4 Å². The van der Waals surface area contributed by atoms with Crippen LogP contribution in [-0.2, 0) is 11.3 Å². The fourth-order valence-corrected chi connectivity index (χ4v) is 1.84. The molecule has 0 aliphatic carbocycles. The molecule has 5 heteroatoms. The van der Waals surface area contributed by atoms with E-state index in [0.29, 0.717) is 13.2 Å². The molecule has 0 saturated heterocycles. The van der Waals surface area contributed by atoms with Crippen LogP contribution in [0.4, 0.5) is 0 Å². The van der Waals surface area contributed by atoms with Crippen LogP contribution in [0.15, 0.2) is 24.3 Å². The summed E-state index contributed by atoms with van der Waals surface area (Å²) >= 11 is 0. The van der Waals surface area contributed by atoms with Crippen molar-refractivity contribution in [1.29, 1.82) is 0 Å². The van der Waals surface area contributed by atoms with Crippen LogP contribution in [0, 0.1) is 5.92 Å². The Hall–Kier alpha value is -1.26. The fourth-order valence-electron chi connectivity index (χ4n) is 1.84. The fraction of sp³-hybridized carbons (Fsp3) is 0.533. The molecule has 0 radical (unpaired) electrons. The van der Waals surface area contributed by atoms with E-state index in [1.165, 1.54) is 0 Å². The Bertz CT molecular complexity index is 424. The van der Waals surface area contributed by atoms with Crippen LogP contribution in [0.25, 0.3) is 0 Å². The third kappa shape index (κ3) is 5.02. The van der Waals surface area contributed by atoms with Crippen molar-refractivity contribution in [2.24, 2.45) is 11.7 Å². The SMILES string of the molecule is CCOc1ccccc1CN(C)C(=O)C(C)C(C)N.Cl. The van der Waals surface area contributed by atoms with Gasteiger partial charge in [-0.2, -0.15) is 0 Å². The van der Waals surface area contributed by atoms with Crippen molar-refractivity contribution < 1.29 is 9.53 Å². The Balaban J connectivity index is 0.00000361. The molecule has 0 spiro atoms. The smallest absolute Gasteiger partial charge is 0.226 e. The zero-order valence-electron chi connectivity index (χ0n) is 12.6. The maximum atomic E-state index is 12.2. The Morgan fingerprint density at radius 1 is 1.35 bits per heavy atom. The molecule has 0 aliphatic rings. The largest absolute Gasteiger partial charge is 0.494 e. The highest BCUT2D eigenvalue weighted by atomic mass is 35.5. The van der Waals surface area contributed by atoms with Crippen LogP contribution in [-0.4, -0.2) is 30.5 Å². The van der Waals surface area contributed by atoms with Gasteiger partial charge >= 0.3 is 0 Å². The van der Waals surface area contributed by atoms with E-state index in [2.05, 4.69) is 0 Å². The van der Waals surface area contributed by atoms with Crippen molar-refractivity contribution in [3.05, 3.63) is 29.8 Å². The first-order valence-corrected chi connectivity index (χ1v) is 6.68. The number of hydrogen-bond acceptors (Lipinski definition) is 3. The van der Waals surface area contributed by atoms with Gasteiger partial charge in [0, 0.05) is 25.2 Å². The first-order chi connectivity index (χ1) is 8.97. The molecule has 4 nitrogen and oxygen atoms in total. The quantitative estimate of drug-likeness (QED) is 0.878. The van der Waals surface area contributed by atoms with Gasteiger partial charge < -0.3 is 15.4 Å². The summed E-state index contributed by atoms with van der Waals surface area (Å²) in [5.41, 5.74) is 6.78. The van der Waals surface area contributed by atoms with Crippen molar-refractivity contribution in [3.8, 4) is 5.75 Å². The van der Waals surface area contributed by atoms with E-state index in [1.807, 2.05) is 45.0 Å². The summed E-state index contributed by atoms with van der Waals surface area (Å²) in [6.45, 7) is 6.81. The maximum Gasteiger partial charge on any atom is 0.226 e. The number of carbonyl (C=O) groups excluding carboxylic acids is 1. The summed E-state index contributed by atoms with van der Waals surface area (Å²) in [6, 6.07) is 7.64. The lowest BCUT2D eigenvalue weighted by Gasteiger charge is -2.24. The average Bonchev–Trinajstić information content (AvgIpc) is 2.39. The minimum atomic E-state index is -0.177. The number of para-hydroxylation sites is 1. The number of nitrogens with zero attached hydrogens (tertiary/aromatic N) is 1. The van der Waals surface area contributed by atoms with Crippen molar-refractivity contribution in [3.63, 3.8) is 0 Å². The van der Waals surface area contributed by atoms with Gasteiger partial charge in [-0.15, -0.1) is 12.4 Å². The summed E-state index contributed by atoms with van der Waals surface area (Å²) in [6.07, 6.45) is 0. The Morgan fingerprint density at radius 3 is 2.50 bits per heavy atom. The van der Waals surface area contributed by atoms with Crippen molar-refractivity contribution in [2.75, 3.05) is 13.7 Å². The maximum absolute atomic E-state index is 12.2. The molecule has 0 aromatic heterocycles. The van der Waals surface area contributed by atoms with E-state index >= 15 is 0 Å². The van der Waals surface area contributed by atoms with Crippen LogP contribution in [0.5, 0.6) is 5.75 Å². The standard InChI is InChI=1S/C15H24N2O2.ClH/c1-5-19-14-9-7-6-8-13(14)10-17(4)15(18)11(2)12(3)16;/h6-9,11-12H,5,10,16H2,1-4H3;1H. The Kier molecular flexibility index (Phi) is 8.26. The molecule has 2 unspecified atom stereocenters. The minimum absolute atomic E-state index is 0. The van der Waals surface area contributed by atoms with Gasteiger partial charge in [0.25, 0.3) is 0 Å². The average molecular weight is 301 g/mol. The van der Waals surface area contributed by atoms with E-state index in [-0.39, 0.29) is 30.3 Å². The van der Waals surface area contributed by atoms with Crippen molar-refractivity contribution >= 4 is 18.3 Å². The number of nitrogens with two attached hydrogens (primary N) is 1. The second-order valence-corrected chi connectivity index (χ2v) is 4.88. The van der Waals surface area contributed by atoms with Gasteiger partial charge in [0.1, 0.15) is 5.75 Å². The summed E-state index contributed by atoms with van der Waals surface area (Å²) in [5, 5.41) is 0. The predicted molar refractivity (Wildman–Crippen MR) is 84.1 cm³/mol. The number of carbonyl (C=O) groups is 1. The van der Waals surface area contributed by atoms with E-state index in [4.69, 9.17) is 10.5 Å². The minimum Gasteiger partial charge on any atom is -0.494 e. The molecule has 0 aliphatic heterocycles. The third-order valence-corrected chi connectivity index (χ3v) is 3.23. The molecule has 114 valence electrons. The van der Waals surface area contributed by atoms with Crippen LogP contribution < -0.4 is 10.5 Å². The van der Waals surface area contributed by atoms with Gasteiger partial charge in [-0.3, -0.25) is 4.79 Å². The molecule has 0 saturated carbocycles. The highest BCUT2D eigenvalue weighted by Crippen LogP contribution is 2.20. The van der Waals surface area contributed by atoms with Crippen molar-refractivity contribution in [1.82, 2.24) is 4.90 Å². The lowest BCUT2D eigenvalue weighted by Crippen LogP contribution is -2.39. The van der Waals surface area contributed by atoms with E-state index in [1.54, 1.807) is 11.9 Å². The highest BCUT2D eigenvalue weighted by molar-refractivity contribution is 5.85. The number of hydrogen-bond donors (Lipinski definition) is 1. The van der Waals surface area contributed by atoms with Crippen LogP contribution >= 0.6 is 12.4 Å². The lowest BCUT2D eigenvalue weighted by atomic mass is 10.0. The molecule has 2 N–H and O–H groups in total. The normalized spacial score (nSPS) is 13.1. The lowest BCUT2D eigenvalue weighted by molar-refractivity contribution is -0.134. The molecule has 1 aromatic rings. The third-order valence-electron chi connectivity index (χ3n) is 3.23. The Labute approximate surface area is 127 Å². The molecule has 1 rings (SSSR count). The highest BCUT2D eigenvalue weighted by Gasteiger charge is 2.21. The van der Waals surface area contributed by atoms with Crippen LogP contribution in [0.1, 0.15) is 26.3 Å². The van der Waals surface area contributed by atoms with Gasteiger partial charge in [-0.05, 0) is 19.9 Å². The van der Waals surface area contributed by atoms with E-state index in [0.717, 1.165) is 11.3 Å². The molecule has 0 bridgehead atoms. The van der Waals surface area contributed by atoms with Gasteiger partial charge in [0.2, 0.25) is 5.91 Å². The van der Waals surface area contributed by atoms with Crippen LogP contribution in [0.3, 0.4) is 0 Å². The van der Waals surface area contributed by atoms with E-state index < -0.39 is 0 Å². The second-order valence-electron chi connectivity index (χ2n) is 4.88. The summed E-state index contributed by atoms with van der Waals surface area (Å²) < 4.78 is 5.56. The summed E-state index contributed by atoms with van der Waals surface area (Å²) in [4.78, 5) is 13.9. The summed E-state index contributed by atoms with van der Waals surface area (Å²) in [7, 11) is 1.80. The van der Waals surface area contributed by atoms with Gasteiger partial charge in [0.05, 0.1) is 12.5 Å². The molecule has 20 heavy (non-hydrogen) atoms. The molecule has 1 amide bonds. The summed E-state index contributed by atoms with van der Waals surface area (Å²) in [5.74, 6) is 0.712. The van der Waals surface area contributed by atoms with E-state index in [9.17, 15) is 4.79 Å². The molecule has 1 aromatic carbocycles. The van der Waals surface area contributed by atoms with Gasteiger partial charge in [-0.25, -0.2) is 0 Å². The number of halogens is 1. The molecule has 0 fully saturated rings. The molecule has 0 heterocycles. The van der Waals surface area contributed by atoms with Crippen LogP contribution in [0.2, 0.25) is 0 Å². The number of amides is 1. The monoisotopic (exact) mass is 300 g/mol. The van der Waals surface area contributed by atoms with Gasteiger partial charge in [0.15, 0.2) is 0 Å².